The van der Waals surface area contributed by atoms with E-state index >= 15 is 0 Å². The Bertz CT molecular complexity index is 1040. The maximum absolute atomic E-state index is 12.6. The highest BCUT2D eigenvalue weighted by Gasteiger charge is 2.31. The van der Waals surface area contributed by atoms with Gasteiger partial charge in [0, 0.05) is 17.0 Å². The largest absolute Gasteiger partial charge is 0.593 e. The summed E-state index contributed by atoms with van der Waals surface area (Å²) in [5, 5.41) is 9.99. The van der Waals surface area contributed by atoms with Gasteiger partial charge in [0.2, 0.25) is 0 Å². The molecule has 0 aliphatic carbocycles. The molecule has 2 aromatic carbocycles. The predicted molar refractivity (Wildman–Crippen MR) is 129 cm³/mol. The fourth-order valence-corrected chi connectivity index (χ4v) is 5.22. The number of fused-ring (bicyclic) bond motifs is 1. The summed E-state index contributed by atoms with van der Waals surface area (Å²) in [5.41, 5.74) is 8.30. The van der Waals surface area contributed by atoms with Crippen LogP contribution >= 0.6 is 11.6 Å². The summed E-state index contributed by atoms with van der Waals surface area (Å²) in [7, 11) is 0. The number of allylic oxidation sites excluding steroid dienone is 4. The van der Waals surface area contributed by atoms with Crippen LogP contribution in [-0.4, -0.2) is 26.2 Å². The van der Waals surface area contributed by atoms with E-state index in [1.807, 2.05) is 60.6 Å². The number of carbonyl (C=O) groups is 1. The Hall–Kier alpha value is -2.21. The third-order valence-corrected chi connectivity index (χ3v) is 6.91. The van der Waals surface area contributed by atoms with Crippen LogP contribution in [0.15, 0.2) is 53.7 Å². The fourth-order valence-electron chi connectivity index (χ4n) is 4.17. The lowest BCUT2D eigenvalue weighted by molar-refractivity contribution is -0.136. The number of aryl methyl sites for hydroxylation is 1. The van der Waals surface area contributed by atoms with Gasteiger partial charge in [-0.3, -0.25) is 4.79 Å². The number of aliphatic carboxylic acids is 1. The minimum atomic E-state index is -1.19. The maximum Gasteiger partial charge on any atom is 0.303 e. The number of carboxylic acids is 1. The molecule has 164 valence electrons. The number of hydrogen-bond acceptors (Lipinski definition) is 3. The highest BCUT2D eigenvalue weighted by Crippen LogP contribution is 2.42. The number of rotatable bonds is 7. The molecule has 1 aliphatic heterocycles. The average molecular weight is 458 g/mol. The zero-order chi connectivity index (χ0) is 22.7. The molecule has 31 heavy (non-hydrogen) atoms. The summed E-state index contributed by atoms with van der Waals surface area (Å²) in [5.74, 6) is -0.825. The molecule has 0 saturated carbocycles. The van der Waals surface area contributed by atoms with Crippen molar-refractivity contribution in [2.24, 2.45) is 0 Å². The van der Waals surface area contributed by atoms with Crippen molar-refractivity contribution in [2.45, 2.75) is 46.6 Å². The van der Waals surface area contributed by atoms with Gasteiger partial charge >= 0.3 is 5.97 Å². The normalized spacial score (nSPS) is 15.5. The molecule has 0 fully saturated rings. The predicted octanol–water partition coefficient (Wildman–Crippen LogP) is 6.22. The summed E-state index contributed by atoms with van der Waals surface area (Å²) in [6, 6.07) is 14.0. The molecule has 0 bridgehead atoms. The van der Waals surface area contributed by atoms with E-state index in [-0.39, 0.29) is 6.42 Å². The molecular formula is C25H28ClNO3S. The van der Waals surface area contributed by atoms with Crippen molar-refractivity contribution in [1.82, 2.24) is 4.31 Å². The van der Waals surface area contributed by atoms with Crippen LogP contribution in [-0.2, 0) is 22.7 Å². The third kappa shape index (κ3) is 5.17. The standard InChI is InChI=1S/C25H28ClNO3S/c1-5-23-25(22-11-10-20(26)14-19(22)15-27(23)31(4)30)17(3)21(12-13-24(28)29)18-8-6-16(2)7-9-18/h6-11,14H,5,12-13,15H2,1-4H3,(H,28,29)/b21-17+. The van der Waals surface area contributed by atoms with E-state index < -0.39 is 17.3 Å². The number of carboxylic acid groups (broad SMARTS) is 1. The molecule has 1 unspecified atom stereocenters. The molecule has 2 aromatic rings. The quantitative estimate of drug-likeness (QED) is 0.501. The summed E-state index contributed by atoms with van der Waals surface area (Å²) in [6.45, 7) is 6.67. The second-order valence-electron chi connectivity index (χ2n) is 7.80. The van der Waals surface area contributed by atoms with Crippen LogP contribution < -0.4 is 0 Å². The van der Waals surface area contributed by atoms with Gasteiger partial charge in [0.1, 0.15) is 6.26 Å². The molecule has 1 atom stereocenters. The molecule has 1 N–H and O–H groups in total. The Balaban J connectivity index is 2.28. The Kier molecular flexibility index (Phi) is 7.52. The lowest BCUT2D eigenvalue weighted by atomic mass is 9.84. The van der Waals surface area contributed by atoms with Crippen LogP contribution in [0, 0.1) is 6.92 Å². The molecule has 6 heteroatoms. The van der Waals surface area contributed by atoms with Crippen LogP contribution in [0.5, 0.6) is 0 Å². The Labute approximate surface area is 192 Å². The lowest BCUT2D eigenvalue weighted by Gasteiger charge is -2.34. The molecule has 1 heterocycles. The van der Waals surface area contributed by atoms with Crippen molar-refractivity contribution in [2.75, 3.05) is 6.26 Å². The topological polar surface area (TPSA) is 63.6 Å². The first-order valence-corrected chi connectivity index (χ1v) is 12.2. The first-order valence-electron chi connectivity index (χ1n) is 10.3. The molecule has 1 aliphatic rings. The molecular weight excluding hydrogens is 430 g/mol. The third-order valence-electron chi connectivity index (χ3n) is 5.70. The van der Waals surface area contributed by atoms with E-state index in [0.29, 0.717) is 24.4 Å². The van der Waals surface area contributed by atoms with Gasteiger partial charge in [0.05, 0.1) is 23.6 Å². The molecule has 0 aromatic heterocycles. The van der Waals surface area contributed by atoms with Gasteiger partial charge in [0.25, 0.3) is 0 Å². The van der Waals surface area contributed by atoms with Gasteiger partial charge in [-0.1, -0.05) is 54.4 Å². The van der Waals surface area contributed by atoms with Gasteiger partial charge in [0.15, 0.2) is 0 Å². The van der Waals surface area contributed by atoms with Gasteiger partial charge < -0.3 is 9.66 Å². The Morgan fingerprint density at radius 2 is 1.87 bits per heavy atom. The SMILES string of the molecule is CCC1=C(/C(C)=C(\CCC(=O)O)c2ccc(C)cc2)c2ccc(Cl)cc2CN1[S+](C)[O-]. The van der Waals surface area contributed by atoms with Crippen LogP contribution in [0.2, 0.25) is 5.02 Å². The molecule has 4 nitrogen and oxygen atoms in total. The van der Waals surface area contributed by atoms with E-state index in [9.17, 15) is 14.5 Å². The lowest BCUT2D eigenvalue weighted by Crippen LogP contribution is -2.33. The zero-order valence-electron chi connectivity index (χ0n) is 18.4. The molecule has 0 spiro atoms. The van der Waals surface area contributed by atoms with E-state index in [1.54, 1.807) is 6.26 Å². The molecule has 0 amide bonds. The summed E-state index contributed by atoms with van der Waals surface area (Å²) >= 11 is 5.08. The zero-order valence-corrected chi connectivity index (χ0v) is 19.9. The Morgan fingerprint density at radius 3 is 2.45 bits per heavy atom. The number of halogens is 1. The van der Waals surface area contributed by atoms with Crippen molar-refractivity contribution in [3.8, 4) is 0 Å². The molecule has 0 saturated heterocycles. The minimum absolute atomic E-state index is 0.0478. The van der Waals surface area contributed by atoms with Crippen molar-refractivity contribution >= 4 is 40.1 Å². The molecule has 3 rings (SSSR count). The van der Waals surface area contributed by atoms with Crippen molar-refractivity contribution in [3.63, 3.8) is 0 Å². The van der Waals surface area contributed by atoms with Gasteiger partial charge in [-0.05, 0) is 66.7 Å². The molecule has 0 radical (unpaired) electrons. The van der Waals surface area contributed by atoms with Gasteiger partial charge in [-0.15, -0.1) is 0 Å². The van der Waals surface area contributed by atoms with Gasteiger partial charge in [-0.25, -0.2) is 0 Å². The monoisotopic (exact) mass is 457 g/mol. The highest BCUT2D eigenvalue weighted by molar-refractivity contribution is 7.88. The van der Waals surface area contributed by atoms with Crippen molar-refractivity contribution in [3.05, 3.63) is 81.0 Å². The van der Waals surface area contributed by atoms with Crippen LogP contribution in [0.3, 0.4) is 0 Å². The smallest absolute Gasteiger partial charge is 0.303 e. The van der Waals surface area contributed by atoms with E-state index in [2.05, 4.69) is 6.92 Å². The van der Waals surface area contributed by atoms with Crippen LogP contribution in [0.25, 0.3) is 11.1 Å². The minimum Gasteiger partial charge on any atom is -0.593 e. The first-order chi connectivity index (χ1) is 14.7. The second-order valence-corrected chi connectivity index (χ2v) is 9.53. The number of hydrogen-bond donors (Lipinski definition) is 1. The average Bonchev–Trinajstić information content (AvgIpc) is 2.73. The van der Waals surface area contributed by atoms with Crippen molar-refractivity contribution in [1.29, 1.82) is 0 Å². The summed E-state index contributed by atoms with van der Waals surface area (Å²) in [4.78, 5) is 11.4. The van der Waals surface area contributed by atoms with Gasteiger partial charge in [-0.2, -0.15) is 4.31 Å². The van der Waals surface area contributed by atoms with Crippen LogP contribution in [0.1, 0.15) is 55.4 Å². The van der Waals surface area contributed by atoms with E-state index in [0.717, 1.165) is 44.7 Å². The van der Waals surface area contributed by atoms with E-state index in [1.165, 1.54) is 0 Å². The highest BCUT2D eigenvalue weighted by atomic mass is 35.5. The number of benzene rings is 2. The second kappa shape index (κ2) is 9.94. The first kappa shape index (κ1) is 23.5. The Morgan fingerprint density at radius 1 is 1.19 bits per heavy atom. The fraction of sp³-hybridized carbons (Fsp3) is 0.320. The van der Waals surface area contributed by atoms with Crippen molar-refractivity contribution < 1.29 is 14.5 Å². The maximum atomic E-state index is 12.6. The van der Waals surface area contributed by atoms with Crippen LogP contribution in [0.4, 0.5) is 0 Å². The number of nitrogens with zero attached hydrogens (tertiary/aromatic N) is 1. The van der Waals surface area contributed by atoms with E-state index in [4.69, 9.17) is 11.6 Å². The summed E-state index contributed by atoms with van der Waals surface area (Å²) in [6.07, 6.45) is 2.87. The summed E-state index contributed by atoms with van der Waals surface area (Å²) < 4.78 is 14.5.